The Labute approximate surface area is 271 Å². The molecule has 0 aliphatic rings. The molecule has 0 aliphatic heterocycles. The van der Waals surface area contributed by atoms with E-state index in [1.807, 2.05) is 63.2 Å². The lowest BCUT2D eigenvalue weighted by molar-refractivity contribution is -0.139. The number of aryl methyl sites for hydroxylation is 1. The summed E-state index contributed by atoms with van der Waals surface area (Å²) in [5, 5.41) is 2.94. The molecular weight excluding hydrogens is 602 g/mol. The molecule has 0 aromatic heterocycles. The van der Waals surface area contributed by atoms with Crippen LogP contribution in [-0.4, -0.2) is 50.9 Å². The first-order valence-electron chi connectivity index (χ1n) is 15.2. The number of ether oxygens (including phenoxy) is 2. The van der Waals surface area contributed by atoms with Crippen molar-refractivity contribution in [2.24, 2.45) is 0 Å². The summed E-state index contributed by atoms with van der Waals surface area (Å²) < 4.78 is 40.5. The van der Waals surface area contributed by atoms with Crippen molar-refractivity contribution in [1.29, 1.82) is 0 Å². The molecule has 9 nitrogen and oxygen atoms in total. The van der Waals surface area contributed by atoms with Gasteiger partial charge in [-0.2, -0.15) is 0 Å². The number of rotatable bonds is 14. The van der Waals surface area contributed by atoms with Crippen molar-refractivity contribution in [2.45, 2.75) is 57.6 Å². The number of nitrogens with one attached hydrogen (secondary N) is 1. The van der Waals surface area contributed by atoms with Crippen LogP contribution in [0.4, 0.5) is 5.69 Å². The Balaban J connectivity index is 1.70. The zero-order chi connectivity index (χ0) is 33.3. The number of para-hydroxylation sites is 1. The molecule has 1 N–H and O–H groups in total. The molecule has 4 rings (SSSR count). The van der Waals surface area contributed by atoms with Crippen molar-refractivity contribution < 1.29 is 27.5 Å². The van der Waals surface area contributed by atoms with Crippen LogP contribution in [0.1, 0.15) is 38.3 Å². The first-order valence-corrected chi connectivity index (χ1v) is 16.6. The molecule has 2 atom stereocenters. The average molecular weight is 644 g/mol. The molecule has 0 radical (unpaired) electrons. The Hall–Kier alpha value is -4.83. The Morgan fingerprint density at radius 3 is 1.98 bits per heavy atom. The van der Waals surface area contributed by atoms with E-state index in [1.54, 1.807) is 62.6 Å². The second kappa shape index (κ2) is 15.4. The normalized spacial score (nSPS) is 12.5. The quantitative estimate of drug-likeness (QED) is 0.172. The molecule has 0 saturated heterocycles. The smallest absolute Gasteiger partial charge is 0.264 e. The highest BCUT2D eigenvalue weighted by molar-refractivity contribution is 7.92. The molecule has 0 aliphatic carbocycles. The molecule has 242 valence electrons. The van der Waals surface area contributed by atoms with Crippen molar-refractivity contribution in [2.75, 3.05) is 18.0 Å². The van der Waals surface area contributed by atoms with E-state index in [-0.39, 0.29) is 29.1 Å². The van der Waals surface area contributed by atoms with E-state index in [0.29, 0.717) is 17.2 Å². The number of anilines is 1. The van der Waals surface area contributed by atoms with E-state index in [0.717, 1.165) is 21.9 Å². The molecular formula is C36H41N3O6S. The van der Waals surface area contributed by atoms with Crippen LogP contribution >= 0.6 is 0 Å². The minimum absolute atomic E-state index is 0.0415. The summed E-state index contributed by atoms with van der Waals surface area (Å²) in [6.07, 6.45) is 0.720. The van der Waals surface area contributed by atoms with Gasteiger partial charge in [0.05, 0.1) is 17.7 Å². The Bertz CT molecular complexity index is 1690. The van der Waals surface area contributed by atoms with Crippen LogP contribution in [0.15, 0.2) is 108 Å². The molecule has 0 heterocycles. The Morgan fingerprint density at radius 1 is 0.804 bits per heavy atom. The first kappa shape index (κ1) is 34.1. The van der Waals surface area contributed by atoms with Gasteiger partial charge in [0.2, 0.25) is 11.8 Å². The van der Waals surface area contributed by atoms with Crippen LogP contribution in [0.2, 0.25) is 0 Å². The van der Waals surface area contributed by atoms with Crippen molar-refractivity contribution in [3.05, 3.63) is 114 Å². The van der Waals surface area contributed by atoms with E-state index in [2.05, 4.69) is 5.32 Å². The maximum Gasteiger partial charge on any atom is 0.264 e. The van der Waals surface area contributed by atoms with Gasteiger partial charge in [0.1, 0.15) is 29.8 Å². The highest BCUT2D eigenvalue weighted by atomic mass is 32.2. The maximum atomic E-state index is 14.2. The summed E-state index contributed by atoms with van der Waals surface area (Å²) in [5.74, 6) is 0.924. The number of hydrogen-bond donors (Lipinski definition) is 1. The fourth-order valence-corrected chi connectivity index (χ4v) is 6.06. The van der Waals surface area contributed by atoms with Crippen molar-refractivity contribution >= 4 is 27.5 Å². The van der Waals surface area contributed by atoms with Gasteiger partial charge in [-0.3, -0.25) is 13.9 Å². The zero-order valence-electron chi connectivity index (χ0n) is 26.8. The predicted octanol–water partition coefficient (Wildman–Crippen LogP) is 6.32. The molecule has 0 spiro atoms. The average Bonchev–Trinajstić information content (AvgIpc) is 3.07. The van der Waals surface area contributed by atoms with Gasteiger partial charge in [0.25, 0.3) is 10.0 Å². The van der Waals surface area contributed by atoms with Gasteiger partial charge in [0, 0.05) is 12.6 Å². The van der Waals surface area contributed by atoms with Crippen LogP contribution in [0.5, 0.6) is 17.2 Å². The third kappa shape index (κ3) is 8.66. The lowest BCUT2D eigenvalue weighted by Crippen LogP contribution is -2.52. The van der Waals surface area contributed by atoms with E-state index in [4.69, 9.17) is 9.47 Å². The van der Waals surface area contributed by atoms with Gasteiger partial charge >= 0.3 is 0 Å². The molecule has 0 fully saturated rings. The second-order valence-corrected chi connectivity index (χ2v) is 13.0. The standard InChI is InChI=1S/C36H41N3O6S/c1-6-27(3)37-36(41)28(4)38(24-29-14-18-31(44-5)19-15-29)35(40)25-39(46(42,43)34-22-12-26(2)13-23-34)30-16-20-33(21-17-30)45-32-10-8-7-9-11-32/h7-23,27-28H,6,24-25H2,1-5H3,(H,37,41). The Morgan fingerprint density at radius 2 is 1.39 bits per heavy atom. The number of amides is 2. The maximum absolute atomic E-state index is 14.2. The topological polar surface area (TPSA) is 105 Å². The summed E-state index contributed by atoms with van der Waals surface area (Å²) in [5.41, 5.74) is 1.93. The lowest BCUT2D eigenvalue weighted by atomic mass is 10.1. The van der Waals surface area contributed by atoms with Crippen LogP contribution < -0.4 is 19.1 Å². The molecule has 2 unspecified atom stereocenters. The van der Waals surface area contributed by atoms with Crippen LogP contribution in [0.25, 0.3) is 0 Å². The van der Waals surface area contributed by atoms with Gasteiger partial charge in [0.15, 0.2) is 0 Å². The minimum Gasteiger partial charge on any atom is -0.497 e. The fourth-order valence-electron chi connectivity index (χ4n) is 4.65. The highest BCUT2D eigenvalue weighted by Crippen LogP contribution is 2.29. The molecule has 0 saturated carbocycles. The van der Waals surface area contributed by atoms with Crippen molar-refractivity contribution in [3.8, 4) is 17.2 Å². The number of benzene rings is 4. The molecule has 10 heteroatoms. The van der Waals surface area contributed by atoms with Crippen molar-refractivity contribution in [3.63, 3.8) is 0 Å². The number of carbonyl (C=O) groups excluding carboxylic acids is 2. The largest absolute Gasteiger partial charge is 0.497 e. The molecule has 2 amide bonds. The van der Waals surface area contributed by atoms with Crippen LogP contribution in [-0.2, 0) is 26.2 Å². The number of hydrogen-bond acceptors (Lipinski definition) is 6. The SMILES string of the molecule is CCC(C)NC(=O)C(C)N(Cc1ccc(OC)cc1)C(=O)CN(c1ccc(Oc2ccccc2)cc1)S(=O)(=O)c1ccc(C)cc1. The monoisotopic (exact) mass is 643 g/mol. The first-order chi connectivity index (χ1) is 22.0. The number of carbonyl (C=O) groups is 2. The van der Waals surface area contributed by atoms with Gasteiger partial charge in [-0.25, -0.2) is 8.42 Å². The van der Waals surface area contributed by atoms with E-state index in [9.17, 15) is 18.0 Å². The number of sulfonamides is 1. The van der Waals surface area contributed by atoms with Gasteiger partial charge in [-0.15, -0.1) is 0 Å². The summed E-state index contributed by atoms with van der Waals surface area (Å²) in [6, 6.07) is 28.4. The summed E-state index contributed by atoms with van der Waals surface area (Å²) >= 11 is 0. The number of methoxy groups -OCH3 is 1. The molecule has 46 heavy (non-hydrogen) atoms. The second-order valence-electron chi connectivity index (χ2n) is 11.1. The lowest BCUT2D eigenvalue weighted by Gasteiger charge is -2.32. The van der Waals surface area contributed by atoms with Crippen LogP contribution in [0.3, 0.4) is 0 Å². The summed E-state index contributed by atoms with van der Waals surface area (Å²) in [6.45, 7) is 6.91. The summed E-state index contributed by atoms with van der Waals surface area (Å²) in [7, 11) is -2.63. The van der Waals surface area contributed by atoms with Crippen molar-refractivity contribution in [1.82, 2.24) is 10.2 Å². The van der Waals surface area contributed by atoms with Gasteiger partial charge in [-0.1, -0.05) is 55.0 Å². The molecule has 4 aromatic rings. The molecule has 0 bridgehead atoms. The van der Waals surface area contributed by atoms with Gasteiger partial charge < -0.3 is 19.7 Å². The zero-order valence-corrected chi connectivity index (χ0v) is 27.7. The van der Waals surface area contributed by atoms with Crippen LogP contribution in [0, 0.1) is 6.92 Å². The summed E-state index contributed by atoms with van der Waals surface area (Å²) in [4.78, 5) is 28.9. The fraction of sp³-hybridized carbons (Fsp3) is 0.278. The predicted molar refractivity (Wildman–Crippen MR) is 180 cm³/mol. The van der Waals surface area contributed by atoms with E-state index < -0.39 is 28.5 Å². The highest BCUT2D eigenvalue weighted by Gasteiger charge is 2.33. The molecule has 4 aromatic carbocycles. The number of nitrogens with zero attached hydrogens (tertiary/aromatic N) is 2. The van der Waals surface area contributed by atoms with E-state index >= 15 is 0 Å². The third-order valence-corrected chi connectivity index (χ3v) is 9.46. The van der Waals surface area contributed by atoms with E-state index in [1.165, 1.54) is 17.0 Å². The van der Waals surface area contributed by atoms with Gasteiger partial charge in [-0.05, 0) is 93.4 Å². The Kier molecular flexibility index (Phi) is 11.4. The minimum atomic E-state index is -4.19. The third-order valence-electron chi connectivity index (χ3n) is 7.67.